The molecule has 0 saturated heterocycles. The SMILES string of the molecule is CC(C[P+](=O)[O-])=NO.[Na+]. The van der Waals surface area contributed by atoms with Gasteiger partial charge in [-0.3, -0.25) is 0 Å². The van der Waals surface area contributed by atoms with Crippen LogP contribution in [0, 0.1) is 0 Å². The second kappa shape index (κ2) is 6.65. The fourth-order valence-electron chi connectivity index (χ4n) is 0.218. The Balaban J connectivity index is 0. The summed E-state index contributed by atoms with van der Waals surface area (Å²) in [5.74, 6) is 0. The smallest absolute Gasteiger partial charge is 0.595 e. The van der Waals surface area contributed by atoms with E-state index in [1.54, 1.807) is 0 Å². The quantitative estimate of drug-likeness (QED) is 0.152. The Morgan fingerprint density at radius 3 is 2.44 bits per heavy atom. The van der Waals surface area contributed by atoms with Gasteiger partial charge in [-0.1, -0.05) is 9.72 Å². The zero-order chi connectivity index (χ0) is 6.57. The largest absolute Gasteiger partial charge is 1.00 e. The molecule has 0 saturated carbocycles. The molecular formula is C3H6NNaO3P+. The minimum Gasteiger partial charge on any atom is -0.595 e. The van der Waals surface area contributed by atoms with Crippen molar-refractivity contribution in [3.8, 4) is 0 Å². The van der Waals surface area contributed by atoms with Gasteiger partial charge < -0.3 is 10.1 Å². The van der Waals surface area contributed by atoms with Gasteiger partial charge in [0.15, 0.2) is 6.16 Å². The number of rotatable bonds is 2. The molecule has 0 aliphatic heterocycles. The fourth-order valence-corrected chi connectivity index (χ4v) is 0.655. The topological polar surface area (TPSA) is 72.7 Å². The summed E-state index contributed by atoms with van der Waals surface area (Å²) in [5, 5.41) is 10.6. The average molecular weight is 158 g/mol. The van der Waals surface area contributed by atoms with Crippen molar-refractivity contribution in [3.63, 3.8) is 0 Å². The van der Waals surface area contributed by atoms with E-state index in [0.717, 1.165) is 0 Å². The summed E-state index contributed by atoms with van der Waals surface area (Å²) in [6.07, 6.45) is -0.161. The summed E-state index contributed by atoms with van der Waals surface area (Å²) in [6.45, 7) is 1.44. The van der Waals surface area contributed by atoms with Crippen molar-refractivity contribution in [3.05, 3.63) is 0 Å². The van der Waals surface area contributed by atoms with Gasteiger partial charge in [-0.2, -0.15) is 0 Å². The van der Waals surface area contributed by atoms with Gasteiger partial charge in [0.1, 0.15) is 5.71 Å². The van der Waals surface area contributed by atoms with Crippen molar-refractivity contribution < 1.29 is 44.2 Å². The van der Waals surface area contributed by atoms with Gasteiger partial charge in [-0.05, 0) is 6.92 Å². The maximum absolute atomic E-state index is 9.81. The van der Waals surface area contributed by atoms with Crippen LogP contribution in [0.2, 0.25) is 0 Å². The molecule has 0 radical (unpaired) electrons. The summed E-state index contributed by atoms with van der Waals surface area (Å²) in [4.78, 5) is 9.81. The summed E-state index contributed by atoms with van der Waals surface area (Å²) in [6, 6.07) is 0. The minimum atomic E-state index is -2.44. The van der Waals surface area contributed by atoms with E-state index in [1.165, 1.54) is 6.92 Å². The molecule has 0 rings (SSSR count). The second-order valence-electron chi connectivity index (χ2n) is 1.33. The van der Waals surface area contributed by atoms with E-state index in [-0.39, 0.29) is 41.4 Å². The van der Waals surface area contributed by atoms with Crippen molar-refractivity contribution in [1.82, 2.24) is 0 Å². The third kappa shape index (κ3) is 8.53. The Morgan fingerprint density at radius 1 is 1.89 bits per heavy atom. The first-order valence-electron chi connectivity index (χ1n) is 1.96. The normalized spacial score (nSPS) is 12.2. The molecular weight excluding hydrogens is 152 g/mol. The third-order valence-electron chi connectivity index (χ3n) is 0.529. The zero-order valence-corrected chi connectivity index (χ0v) is 8.26. The van der Waals surface area contributed by atoms with Gasteiger partial charge in [0, 0.05) is 0 Å². The van der Waals surface area contributed by atoms with Gasteiger partial charge in [0.2, 0.25) is 0 Å². The molecule has 1 unspecified atom stereocenters. The van der Waals surface area contributed by atoms with E-state index in [1.807, 2.05) is 0 Å². The molecule has 1 N–H and O–H groups in total. The first kappa shape index (κ1) is 12.2. The zero-order valence-electron chi connectivity index (χ0n) is 5.37. The summed E-state index contributed by atoms with van der Waals surface area (Å²) >= 11 is 0. The van der Waals surface area contributed by atoms with Gasteiger partial charge in [0.25, 0.3) is 0 Å². The first-order chi connectivity index (χ1) is 3.66. The molecule has 46 valence electrons. The number of nitrogens with zero attached hydrogens (tertiary/aromatic N) is 1. The Bertz CT molecular complexity index is 126. The third-order valence-corrected chi connectivity index (χ3v) is 1.24. The second-order valence-corrected chi connectivity index (χ2v) is 2.31. The Kier molecular flexibility index (Phi) is 9.03. The van der Waals surface area contributed by atoms with Crippen molar-refractivity contribution in [1.29, 1.82) is 0 Å². The molecule has 0 heterocycles. The van der Waals surface area contributed by atoms with Crippen LogP contribution in [-0.4, -0.2) is 17.1 Å². The van der Waals surface area contributed by atoms with Gasteiger partial charge in [-0.25, -0.2) is 0 Å². The van der Waals surface area contributed by atoms with Gasteiger partial charge >= 0.3 is 37.6 Å². The number of hydrogen-bond acceptors (Lipinski definition) is 4. The predicted molar refractivity (Wildman–Crippen MR) is 27.4 cm³/mol. The van der Waals surface area contributed by atoms with Crippen LogP contribution in [0.15, 0.2) is 5.16 Å². The van der Waals surface area contributed by atoms with E-state index in [0.29, 0.717) is 0 Å². The molecule has 9 heavy (non-hydrogen) atoms. The fraction of sp³-hybridized carbons (Fsp3) is 0.667. The number of oxime groups is 1. The van der Waals surface area contributed by atoms with E-state index < -0.39 is 8.03 Å². The van der Waals surface area contributed by atoms with Crippen molar-refractivity contribution >= 4 is 13.7 Å². The van der Waals surface area contributed by atoms with Crippen molar-refractivity contribution in [2.24, 2.45) is 5.16 Å². The molecule has 0 aromatic heterocycles. The number of hydrogen-bond donors (Lipinski definition) is 1. The summed E-state index contributed by atoms with van der Waals surface area (Å²) < 4.78 is 9.81. The van der Waals surface area contributed by atoms with Crippen molar-refractivity contribution in [2.75, 3.05) is 6.16 Å². The van der Waals surface area contributed by atoms with Crippen LogP contribution in [0.5, 0.6) is 0 Å². The van der Waals surface area contributed by atoms with E-state index in [4.69, 9.17) is 5.21 Å². The predicted octanol–water partition coefficient (Wildman–Crippen LogP) is -3.06. The van der Waals surface area contributed by atoms with Crippen LogP contribution in [0.25, 0.3) is 0 Å². The van der Waals surface area contributed by atoms with Crippen LogP contribution in [0.4, 0.5) is 0 Å². The molecule has 0 bridgehead atoms. The maximum atomic E-state index is 9.81. The Labute approximate surface area is 76.1 Å². The van der Waals surface area contributed by atoms with Crippen LogP contribution in [0.3, 0.4) is 0 Å². The van der Waals surface area contributed by atoms with Crippen LogP contribution in [0.1, 0.15) is 6.92 Å². The molecule has 4 nitrogen and oxygen atoms in total. The summed E-state index contributed by atoms with van der Waals surface area (Å²) in [7, 11) is -2.44. The van der Waals surface area contributed by atoms with Crippen molar-refractivity contribution in [2.45, 2.75) is 6.92 Å². The molecule has 0 spiro atoms. The molecule has 0 aromatic rings. The molecule has 6 heteroatoms. The Hall–Kier alpha value is 0.530. The van der Waals surface area contributed by atoms with E-state index in [2.05, 4.69) is 5.16 Å². The van der Waals surface area contributed by atoms with Crippen LogP contribution < -0.4 is 34.5 Å². The molecule has 0 fully saturated rings. The molecule has 0 aliphatic rings. The van der Waals surface area contributed by atoms with Gasteiger partial charge in [0.05, 0.1) is 0 Å². The minimum absolute atomic E-state index is 0. The van der Waals surface area contributed by atoms with E-state index in [9.17, 15) is 9.46 Å². The molecule has 0 aromatic carbocycles. The first-order valence-corrected chi connectivity index (χ1v) is 3.32. The molecule has 0 aliphatic carbocycles. The standard InChI is InChI=1S/C3H6NO3P.Na/c1-3(4-5)2-8(6)7;/h5H,2H2,1H3;/q;+1. The van der Waals surface area contributed by atoms with Gasteiger partial charge in [-0.15, -0.1) is 0 Å². The monoisotopic (exact) mass is 158 g/mol. The maximum Gasteiger partial charge on any atom is 1.00 e. The average Bonchev–Trinajstić information content (AvgIpc) is 1.65. The van der Waals surface area contributed by atoms with Crippen LogP contribution in [-0.2, 0) is 4.57 Å². The molecule has 1 atom stereocenters. The van der Waals surface area contributed by atoms with E-state index >= 15 is 0 Å². The molecule has 0 amide bonds. The summed E-state index contributed by atoms with van der Waals surface area (Å²) in [5.41, 5.74) is 0.209. The van der Waals surface area contributed by atoms with Crippen LogP contribution >= 0.6 is 8.03 Å². The Morgan fingerprint density at radius 2 is 2.33 bits per heavy atom.